The molecule has 148 valence electrons. The van der Waals surface area contributed by atoms with Gasteiger partial charge in [-0.05, 0) is 61.6 Å². The van der Waals surface area contributed by atoms with E-state index in [-0.39, 0.29) is 5.75 Å². The predicted molar refractivity (Wildman–Crippen MR) is 108 cm³/mol. The molecule has 1 aromatic rings. The quantitative estimate of drug-likeness (QED) is 0.857. The Kier molecular flexibility index (Phi) is 5.72. The molecule has 0 aliphatic carbocycles. The lowest BCUT2D eigenvalue weighted by atomic mass is 9.74. The van der Waals surface area contributed by atoms with Crippen molar-refractivity contribution in [1.82, 2.24) is 9.80 Å². The fraction of sp³-hybridized carbons (Fsp3) is 0.696. The zero-order valence-electron chi connectivity index (χ0n) is 16.6. The Morgan fingerprint density at radius 3 is 2.74 bits per heavy atom. The maximum atomic E-state index is 12.9. The van der Waals surface area contributed by atoms with E-state index in [0.29, 0.717) is 30.2 Å². The Morgan fingerprint density at radius 2 is 1.96 bits per heavy atom. The van der Waals surface area contributed by atoms with Gasteiger partial charge in [0.15, 0.2) is 0 Å². The number of aromatic hydroxyl groups is 1. The number of rotatable bonds is 5. The highest BCUT2D eigenvalue weighted by atomic mass is 16.3. The number of piperidine rings is 3. The van der Waals surface area contributed by atoms with E-state index < -0.39 is 0 Å². The average molecular weight is 371 g/mol. The summed E-state index contributed by atoms with van der Waals surface area (Å²) in [5.74, 6) is 1.93. The van der Waals surface area contributed by atoms with Crippen LogP contribution in [-0.2, 0) is 11.2 Å². The minimum Gasteiger partial charge on any atom is -0.508 e. The Labute approximate surface area is 163 Å². The van der Waals surface area contributed by atoms with Gasteiger partial charge in [-0.2, -0.15) is 0 Å². The molecule has 1 aromatic carbocycles. The molecule has 2 bridgehead atoms. The van der Waals surface area contributed by atoms with E-state index in [1.807, 2.05) is 12.1 Å². The normalized spacial score (nSPS) is 30.8. The number of phenols is 1. The molecule has 27 heavy (non-hydrogen) atoms. The fourth-order valence-electron chi connectivity index (χ4n) is 5.83. The highest BCUT2D eigenvalue weighted by Gasteiger charge is 2.44. The van der Waals surface area contributed by atoms with Crippen LogP contribution in [0.2, 0.25) is 0 Å². The summed E-state index contributed by atoms with van der Waals surface area (Å²) in [4.78, 5) is 17.9. The molecule has 0 saturated carbocycles. The summed E-state index contributed by atoms with van der Waals surface area (Å²) < 4.78 is 0. The van der Waals surface area contributed by atoms with Crippen molar-refractivity contribution in [3.63, 3.8) is 0 Å². The van der Waals surface area contributed by atoms with Gasteiger partial charge in [-0.25, -0.2) is 0 Å². The maximum absolute atomic E-state index is 12.9. The average Bonchev–Trinajstić information content (AvgIpc) is 2.68. The number of benzene rings is 1. The molecule has 4 atom stereocenters. The molecular weight excluding hydrogens is 336 g/mol. The number of aryl methyl sites for hydroxylation is 1. The molecule has 0 radical (unpaired) electrons. The molecule has 3 heterocycles. The highest BCUT2D eigenvalue weighted by molar-refractivity contribution is 5.76. The Balaban J connectivity index is 1.35. The van der Waals surface area contributed by atoms with E-state index >= 15 is 0 Å². The second-order valence-electron chi connectivity index (χ2n) is 8.96. The van der Waals surface area contributed by atoms with Gasteiger partial charge in [-0.3, -0.25) is 9.69 Å². The molecular formula is C23H34N2O2. The van der Waals surface area contributed by atoms with Crippen molar-refractivity contribution < 1.29 is 9.90 Å². The van der Waals surface area contributed by atoms with E-state index in [9.17, 15) is 9.90 Å². The standard InChI is InChI=1S/C23H34N2O2/c1-2-4-20-5-3-6-22-19-13-18(15-25(20)22)14-24(16-19)23(27)12-9-17-7-10-21(26)11-8-17/h7-8,10-11,18-20,22,26H,2-6,9,12-16H2,1H3/t18-,19+,20-,22-/m0/s1. The maximum Gasteiger partial charge on any atom is 0.222 e. The van der Waals surface area contributed by atoms with Crippen LogP contribution < -0.4 is 0 Å². The second kappa shape index (κ2) is 8.22. The summed E-state index contributed by atoms with van der Waals surface area (Å²) in [7, 11) is 0. The molecule has 4 nitrogen and oxygen atoms in total. The number of fused-ring (bicyclic) bond motifs is 4. The summed E-state index contributed by atoms with van der Waals surface area (Å²) in [6.07, 6.45) is 9.35. The first-order chi connectivity index (χ1) is 13.1. The van der Waals surface area contributed by atoms with Crippen LogP contribution in [0.4, 0.5) is 0 Å². The number of hydrogen-bond donors (Lipinski definition) is 1. The first kappa shape index (κ1) is 18.8. The number of carbonyl (C=O) groups excluding carboxylic acids is 1. The topological polar surface area (TPSA) is 43.8 Å². The number of phenolic OH excluding ortho intramolecular Hbond substituents is 1. The lowest BCUT2D eigenvalue weighted by Crippen LogP contribution is -2.62. The zero-order valence-corrected chi connectivity index (χ0v) is 16.6. The Morgan fingerprint density at radius 1 is 1.15 bits per heavy atom. The number of hydrogen-bond acceptors (Lipinski definition) is 3. The van der Waals surface area contributed by atoms with E-state index in [2.05, 4.69) is 16.7 Å². The van der Waals surface area contributed by atoms with E-state index in [1.165, 1.54) is 45.1 Å². The highest BCUT2D eigenvalue weighted by Crippen LogP contribution is 2.40. The molecule has 3 aliphatic heterocycles. The predicted octanol–water partition coefficient (Wildman–Crippen LogP) is 3.83. The molecule has 1 amide bonds. The van der Waals surface area contributed by atoms with Crippen molar-refractivity contribution in [2.24, 2.45) is 11.8 Å². The van der Waals surface area contributed by atoms with Crippen LogP contribution in [0.3, 0.4) is 0 Å². The first-order valence-corrected chi connectivity index (χ1v) is 11.0. The van der Waals surface area contributed by atoms with Crippen LogP contribution in [0.15, 0.2) is 24.3 Å². The van der Waals surface area contributed by atoms with Gasteiger partial charge in [-0.15, -0.1) is 0 Å². The van der Waals surface area contributed by atoms with Crippen molar-refractivity contribution in [2.75, 3.05) is 19.6 Å². The van der Waals surface area contributed by atoms with Crippen molar-refractivity contribution in [3.8, 4) is 5.75 Å². The van der Waals surface area contributed by atoms with Gasteiger partial charge < -0.3 is 10.0 Å². The molecule has 4 rings (SSSR count). The minimum absolute atomic E-state index is 0.285. The summed E-state index contributed by atoms with van der Waals surface area (Å²) >= 11 is 0. The molecule has 0 spiro atoms. The van der Waals surface area contributed by atoms with Crippen LogP contribution in [0.1, 0.15) is 57.4 Å². The first-order valence-electron chi connectivity index (χ1n) is 11.0. The zero-order chi connectivity index (χ0) is 18.8. The minimum atomic E-state index is 0.285. The van der Waals surface area contributed by atoms with Gasteiger partial charge in [0.2, 0.25) is 5.91 Å². The van der Waals surface area contributed by atoms with Crippen molar-refractivity contribution in [3.05, 3.63) is 29.8 Å². The molecule has 3 fully saturated rings. The van der Waals surface area contributed by atoms with Gasteiger partial charge in [0.1, 0.15) is 5.75 Å². The van der Waals surface area contributed by atoms with Crippen LogP contribution >= 0.6 is 0 Å². The van der Waals surface area contributed by atoms with E-state index in [4.69, 9.17) is 0 Å². The van der Waals surface area contributed by atoms with Crippen LogP contribution in [0.5, 0.6) is 5.75 Å². The summed E-state index contributed by atoms with van der Waals surface area (Å²) in [6.45, 7) is 5.42. The lowest BCUT2D eigenvalue weighted by Gasteiger charge is -2.55. The lowest BCUT2D eigenvalue weighted by molar-refractivity contribution is -0.139. The molecule has 0 aromatic heterocycles. The molecule has 1 N–H and O–H groups in total. The van der Waals surface area contributed by atoms with Crippen LogP contribution in [-0.4, -0.2) is 52.5 Å². The third-order valence-corrected chi connectivity index (χ3v) is 7.05. The molecule has 4 heteroatoms. The molecule has 3 aliphatic rings. The Bertz CT molecular complexity index is 642. The summed E-state index contributed by atoms with van der Waals surface area (Å²) in [6, 6.07) is 8.74. The van der Waals surface area contributed by atoms with E-state index in [1.54, 1.807) is 12.1 Å². The summed E-state index contributed by atoms with van der Waals surface area (Å²) in [5.41, 5.74) is 1.12. The number of likely N-dealkylation sites (tertiary alicyclic amines) is 1. The van der Waals surface area contributed by atoms with Crippen LogP contribution in [0, 0.1) is 11.8 Å². The third-order valence-electron chi connectivity index (χ3n) is 7.05. The second-order valence-corrected chi connectivity index (χ2v) is 8.96. The Hall–Kier alpha value is -1.55. The third kappa shape index (κ3) is 4.16. The van der Waals surface area contributed by atoms with Crippen molar-refractivity contribution >= 4 is 5.91 Å². The SMILES string of the molecule is CCC[C@H]1CCC[C@H]2[C@@H]3C[C@@H](CN(C(=O)CCc4ccc(O)cc4)C3)CN12. The summed E-state index contributed by atoms with van der Waals surface area (Å²) in [5, 5.41) is 9.40. The van der Waals surface area contributed by atoms with E-state index in [0.717, 1.165) is 31.1 Å². The van der Waals surface area contributed by atoms with Gasteiger partial charge in [0, 0.05) is 38.1 Å². The van der Waals surface area contributed by atoms with Crippen LogP contribution in [0.25, 0.3) is 0 Å². The smallest absolute Gasteiger partial charge is 0.222 e. The fourth-order valence-corrected chi connectivity index (χ4v) is 5.83. The van der Waals surface area contributed by atoms with Gasteiger partial charge in [0.25, 0.3) is 0 Å². The van der Waals surface area contributed by atoms with Gasteiger partial charge >= 0.3 is 0 Å². The number of carbonyl (C=O) groups is 1. The number of nitrogens with zero attached hydrogens (tertiary/aromatic N) is 2. The van der Waals surface area contributed by atoms with Gasteiger partial charge in [-0.1, -0.05) is 31.9 Å². The molecule has 3 saturated heterocycles. The largest absolute Gasteiger partial charge is 0.508 e. The number of amides is 1. The van der Waals surface area contributed by atoms with Crippen molar-refractivity contribution in [2.45, 2.75) is 70.4 Å². The molecule has 0 unspecified atom stereocenters. The van der Waals surface area contributed by atoms with Gasteiger partial charge in [0.05, 0.1) is 0 Å². The van der Waals surface area contributed by atoms with Crippen molar-refractivity contribution in [1.29, 1.82) is 0 Å². The monoisotopic (exact) mass is 370 g/mol.